The second kappa shape index (κ2) is 3.94. The van der Waals surface area contributed by atoms with Gasteiger partial charge in [-0.3, -0.25) is 4.68 Å². The Kier molecular flexibility index (Phi) is 3.20. The molecule has 0 spiro atoms. The molecule has 0 unspecified atom stereocenters. The van der Waals surface area contributed by atoms with Crippen molar-refractivity contribution in [2.24, 2.45) is 11.1 Å². The van der Waals surface area contributed by atoms with Gasteiger partial charge in [0.05, 0.1) is 6.20 Å². The zero-order valence-corrected chi connectivity index (χ0v) is 10.1. The monoisotopic (exact) mass is 231 g/mol. The molecular formula is C9H17N3O2S. The molecule has 0 aliphatic rings. The van der Waals surface area contributed by atoms with Gasteiger partial charge in [0.15, 0.2) is 9.84 Å². The van der Waals surface area contributed by atoms with Gasteiger partial charge in [0.1, 0.15) is 4.90 Å². The van der Waals surface area contributed by atoms with E-state index in [2.05, 4.69) is 5.10 Å². The fourth-order valence-corrected chi connectivity index (χ4v) is 1.68. The summed E-state index contributed by atoms with van der Waals surface area (Å²) in [6.07, 6.45) is 4.07. The van der Waals surface area contributed by atoms with Crippen molar-refractivity contribution in [1.82, 2.24) is 9.78 Å². The molecule has 0 saturated carbocycles. The molecule has 1 aromatic rings. The molecule has 0 aromatic carbocycles. The molecule has 2 N–H and O–H groups in total. The van der Waals surface area contributed by atoms with Crippen LogP contribution in [0, 0.1) is 5.41 Å². The van der Waals surface area contributed by atoms with Crippen LogP contribution in [-0.2, 0) is 16.4 Å². The predicted molar refractivity (Wildman–Crippen MR) is 58.2 cm³/mol. The highest BCUT2D eigenvalue weighted by Gasteiger charge is 2.18. The first-order chi connectivity index (χ1) is 6.74. The Morgan fingerprint density at radius 3 is 2.53 bits per heavy atom. The van der Waals surface area contributed by atoms with Crippen molar-refractivity contribution in [2.75, 3.05) is 12.8 Å². The van der Waals surface area contributed by atoms with Gasteiger partial charge in [0.2, 0.25) is 0 Å². The lowest BCUT2D eigenvalue weighted by atomic mass is 9.94. The molecule has 86 valence electrons. The first-order valence-electron chi connectivity index (χ1n) is 4.67. The van der Waals surface area contributed by atoms with Gasteiger partial charge in [0.25, 0.3) is 0 Å². The van der Waals surface area contributed by atoms with Gasteiger partial charge < -0.3 is 5.73 Å². The van der Waals surface area contributed by atoms with Crippen molar-refractivity contribution in [3.8, 4) is 0 Å². The Bertz CT molecular complexity index is 434. The van der Waals surface area contributed by atoms with E-state index in [0.29, 0.717) is 13.1 Å². The van der Waals surface area contributed by atoms with Crippen LogP contribution in [0.3, 0.4) is 0 Å². The standard InChI is InChI=1S/C9H17N3O2S/c1-9(2,6-10)7-12-5-8(4-11-12)15(3,13)14/h4-5H,6-7,10H2,1-3H3. The maximum Gasteiger partial charge on any atom is 0.178 e. The normalized spacial score (nSPS) is 13.1. The van der Waals surface area contributed by atoms with Crippen molar-refractivity contribution in [1.29, 1.82) is 0 Å². The molecule has 0 bridgehead atoms. The summed E-state index contributed by atoms with van der Waals surface area (Å²) in [5.41, 5.74) is 5.50. The first kappa shape index (κ1) is 12.2. The minimum atomic E-state index is -3.16. The van der Waals surface area contributed by atoms with E-state index in [1.54, 1.807) is 4.68 Å². The summed E-state index contributed by atoms with van der Waals surface area (Å²) in [6.45, 7) is 5.16. The second-order valence-electron chi connectivity index (χ2n) is 4.51. The Balaban J connectivity index is 2.87. The Morgan fingerprint density at radius 1 is 1.53 bits per heavy atom. The summed E-state index contributed by atoms with van der Waals surface area (Å²) in [5, 5.41) is 4.00. The fraction of sp³-hybridized carbons (Fsp3) is 0.667. The number of hydrogen-bond acceptors (Lipinski definition) is 4. The van der Waals surface area contributed by atoms with E-state index in [9.17, 15) is 8.42 Å². The smallest absolute Gasteiger partial charge is 0.178 e. The van der Waals surface area contributed by atoms with Crippen molar-refractivity contribution < 1.29 is 8.42 Å². The van der Waals surface area contributed by atoms with Crippen LogP contribution in [0.25, 0.3) is 0 Å². The molecule has 1 heterocycles. The molecule has 15 heavy (non-hydrogen) atoms. The lowest BCUT2D eigenvalue weighted by Gasteiger charge is -2.21. The summed E-state index contributed by atoms with van der Waals surface area (Å²) in [6, 6.07) is 0. The van der Waals surface area contributed by atoms with Crippen LogP contribution < -0.4 is 5.73 Å². The summed E-state index contributed by atoms with van der Waals surface area (Å²) in [5.74, 6) is 0. The largest absolute Gasteiger partial charge is 0.330 e. The van der Waals surface area contributed by atoms with E-state index in [1.165, 1.54) is 18.6 Å². The molecule has 0 radical (unpaired) electrons. The van der Waals surface area contributed by atoms with Gasteiger partial charge in [-0.15, -0.1) is 0 Å². The van der Waals surface area contributed by atoms with E-state index in [0.717, 1.165) is 0 Å². The number of nitrogens with two attached hydrogens (primary N) is 1. The number of hydrogen-bond donors (Lipinski definition) is 1. The minimum absolute atomic E-state index is 0.0825. The van der Waals surface area contributed by atoms with Crippen LogP contribution in [0.2, 0.25) is 0 Å². The maximum absolute atomic E-state index is 11.2. The topological polar surface area (TPSA) is 78.0 Å². The third-order valence-electron chi connectivity index (χ3n) is 2.18. The molecule has 6 heteroatoms. The van der Waals surface area contributed by atoms with Crippen molar-refractivity contribution in [2.45, 2.75) is 25.3 Å². The Hall–Kier alpha value is -0.880. The van der Waals surface area contributed by atoms with Crippen molar-refractivity contribution in [3.05, 3.63) is 12.4 Å². The van der Waals surface area contributed by atoms with E-state index in [4.69, 9.17) is 5.73 Å². The quantitative estimate of drug-likeness (QED) is 0.807. The van der Waals surface area contributed by atoms with Gasteiger partial charge in [-0.05, 0) is 12.0 Å². The first-order valence-corrected chi connectivity index (χ1v) is 6.56. The SMILES string of the molecule is CC(C)(CN)Cn1cc(S(C)(=O)=O)cn1. The minimum Gasteiger partial charge on any atom is -0.330 e. The van der Waals surface area contributed by atoms with Crippen LogP contribution in [0.5, 0.6) is 0 Å². The molecule has 0 aliphatic heterocycles. The summed E-state index contributed by atoms with van der Waals surface area (Å²) < 4.78 is 24.0. The summed E-state index contributed by atoms with van der Waals surface area (Å²) >= 11 is 0. The molecule has 0 aliphatic carbocycles. The lowest BCUT2D eigenvalue weighted by Crippen LogP contribution is -2.28. The molecule has 0 atom stereocenters. The van der Waals surface area contributed by atoms with E-state index in [1.807, 2.05) is 13.8 Å². The predicted octanol–water partition coefficient (Wildman–Crippen LogP) is 0.272. The highest BCUT2D eigenvalue weighted by atomic mass is 32.2. The number of sulfone groups is 1. The highest BCUT2D eigenvalue weighted by molar-refractivity contribution is 7.90. The van der Waals surface area contributed by atoms with Crippen LogP contribution in [0.1, 0.15) is 13.8 Å². The van der Waals surface area contributed by atoms with E-state index in [-0.39, 0.29) is 10.3 Å². The third-order valence-corrected chi connectivity index (χ3v) is 3.25. The van der Waals surface area contributed by atoms with Crippen LogP contribution in [0.4, 0.5) is 0 Å². The number of aromatic nitrogens is 2. The van der Waals surface area contributed by atoms with Gasteiger partial charge in [-0.2, -0.15) is 5.10 Å². The molecule has 1 rings (SSSR count). The average molecular weight is 231 g/mol. The summed E-state index contributed by atoms with van der Waals surface area (Å²) in [7, 11) is -3.16. The zero-order chi connectivity index (χ0) is 11.7. The van der Waals surface area contributed by atoms with Crippen LogP contribution in [-0.4, -0.2) is 31.0 Å². The van der Waals surface area contributed by atoms with Crippen molar-refractivity contribution in [3.63, 3.8) is 0 Å². The maximum atomic E-state index is 11.2. The molecular weight excluding hydrogens is 214 g/mol. The Morgan fingerprint density at radius 2 is 2.13 bits per heavy atom. The fourth-order valence-electron chi connectivity index (χ4n) is 1.13. The third kappa shape index (κ3) is 3.32. The molecule has 1 aromatic heterocycles. The summed E-state index contributed by atoms with van der Waals surface area (Å²) in [4.78, 5) is 0.246. The zero-order valence-electron chi connectivity index (χ0n) is 9.27. The van der Waals surface area contributed by atoms with Crippen molar-refractivity contribution >= 4 is 9.84 Å². The van der Waals surface area contributed by atoms with E-state index >= 15 is 0 Å². The number of nitrogens with zero attached hydrogens (tertiary/aromatic N) is 2. The van der Waals surface area contributed by atoms with E-state index < -0.39 is 9.84 Å². The Labute approximate surface area is 90.2 Å². The molecule has 0 saturated heterocycles. The second-order valence-corrected chi connectivity index (χ2v) is 6.53. The van der Waals surface area contributed by atoms with Crippen LogP contribution in [0.15, 0.2) is 17.3 Å². The number of rotatable bonds is 4. The van der Waals surface area contributed by atoms with Gasteiger partial charge >= 0.3 is 0 Å². The lowest BCUT2D eigenvalue weighted by molar-refractivity contribution is 0.301. The average Bonchev–Trinajstić information content (AvgIpc) is 2.51. The molecule has 0 amide bonds. The van der Waals surface area contributed by atoms with Gasteiger partial charge in [-0.25, -0.2) is 8.42 Å². The van der Waals surface area contributed by atoms with Gasteiger partial charge in [-0.1, -0.05) is 13.8 Å². The van der Waals surface area contributed by atoms with Gasteiger partial charge in [0, 0.05) is 19.0 Å². The highest BCUT2D eigenvalue weighted by Crippen LogP contribution is 2.16. The van der Waals surface area contributed by atoms with Crippen LogP contribution >= 0.6 is 0 Å². The molecule has 0 fully saturated rings. The molecule has 5 nitrogen and oxygen atoms in total.